The van der Waals surface area contributed by atoms with E-state index in [0.717, 1.165) is 6.07 Å². The number of halogens is 3. The Morgan fingerprint density at radius 1 is 1.33 bits per heavy atom. The van der Waals surface area contributed by atoms with Gasteiger partial charge in [0.1, 0.15) is 12.4 Å². The average molecular weight is 263 g/mol. The van der Waals surface area contributed by atoms with Gasteiger partial charge < -0.3 is 15.2 Å². The number of hydrogen-bond acceptors (Lipinski definition) is 3. The van der Waals surface area contributed by atoms with Crippen LogP contribution in [0.5, 0.6) is 5.75 Å². The predicted octanol–water partition coefficient (Wildman–Crippen LogP) is 2.19. The smallest absolute Gasteiger partial charge is 0.419 e. The van der Waals surface area contributed by atoms with Crippen molar-refractivity contribution < 1.29 is 23.0 Å². The fraction of sp³-hybridized carbons (Fsp3) is 0.500. The van der Waals surface area contributed by atoms with Crippen molar-refractivity contribution in [1.29, 1.82) is 0 Å². The number of aliphatic hydroxyl groups excluding tert-OH is 1. The molecule has 0 aliphatic carbocycles. The van der Waals surface area contributed by atoms with E-state index in [9.17, 15) is 13.2 Å². The van der Waals surface area contributed by atoms with Crippen LogP contribution in [0, 0.1) is 0 Å². The van der Waals surface area contributed by atoms with Crippen LogP contribution in [0.4, 0.5) is 13.2 Å². The summed E-state index contributed by atoms with van der Waals surface area (Å²) in [6.07, 6.45) is -4.47. The first-order chi connectivity index (χ1) is 8.49. The molecule has 0 radical (unpaired) electrons. The second kappa shape index (κ2) is 6.61. The third-order valence-corrected chi connectivity index (χ3v) is 2.28. The maximum atomic E-state index is 12.8. The van der Waals surface area contributed by atoms with E-state index in [-0.39, 0.29) is 19.0 Å². The lowest BCUT2D eigenvalue weighted by Crippen LogP contribution is -2.15. The molecule has 2 N–H and O–H groups in total. The second-order valence-corrected chi connectivity index (χ2v) is 3.68. The molecule has 0 saturated carbocycles. The normalized spacial score (nSPS) is 11.6. The zero-order valence-corrected chi connectivity index (χ0v) is 10.0. The maximum absolute atomic E-state index is 12.8. The minimum atomic E-state index is -4.47. The van der Waals surface area contributed by atoms with Crippen molar-refractivity contribution in [3.63, 3.8) is 0 Å². The van der Waals surface area contributed by atoms with Gasteiger partial charge in [0.05, 0.1) is 12.2 Å². The lowest BCUT2D eigenvalue weighted by Gasteiger charge is -2.15. The number of ether oxygens (including phenoxy) is 1. The summed E-state index contributed by atoms with van der Waals surface area (Å²) in [5.41, 5.74) is -0.271. The van der Waals surface area contributed by atoms with Gasteiger partial charge in [0.2, 0.25) is 0 Å². The zero-order chi connectivity index (χ0) is 13.6. The molecule has 0 aromatic heterocycles. The summed E-state index contributed by atoms with van der Waals surface area (Å²) in [5, 5.41) is 11.5. The van der Waals surface area contributed by atoms with Crippen LogP contribution < -0.4 is 10.1 Å². The standard InChI is InChI=1S/C12H16F3NO2/c1-2-16-8-9-3-4-11(18-6-5-17)10(7-9)12(13,14)15/h3-4,7,16-17H,2,5-6,8H2,1H3. The molecule has 6 heteroatoms. The van der Waals surface area contributed by atoms with Crippen molar-refractivity contribution in [3.8, 4) is 5.75 Å². The van der Waals surface area contributed by atoms with E-state index < -0.39 is 11.7 Å². The molecule has 0 heterocycles. The second-order valence-electron chi connectivity index (χ2n) is 3.68. The predicted molar refractivity (Wildman–Crippen MR) is 61.4 cm³/mol. The Balaban J connectivity index is 2.97. The van der Waals surface area contributed by atoms with Gasteiger partial charge in [-0.05, 0) is 24.2 Å². The minimum absolute atomic E-state index is 0.157. The molecule has 0 saturated heterocycles. The number of nitrogens with one attached hydrogen (secondary N) is 1. The zero-order valence-electron chi connectivity index (χ0n) is 10.0. The first kappa shape index (κ1) is 14.8. The molecule has 3 nitrogen and oxygen atoms in total. The summed E-state index contributed by atoms with van der Waals surface area (Å²) in [5.74, 6) is -0.253. The van der Waals surface area contributed by atoms with Crippen LogP contribution in [0.1, 0.15) is 18.1 Å². The SMILES string of the molecule is CCNCc1ccc(OCCO)c(C(F)(F)F)c1. The number of rotatable bonds is 6. The molecular weight excluding hydrogens is 247 g/mol. The summed E-state index contributed by atoms with van der Waals surface area (Å²) in [6.45, 7) is 2.46. The van der Waals surface area contributed by atoms with Crippen LogP contribution in [-0.2, 0) is 12.7 Å². The molecule has 18 heavy (non-hydrogen) atoms. The fourth-order valence-electron chi connectivity index (χ4n) is 1.46. The van der Waals surface area contributed by atoms with E-state index >= 15 is 0 Å². The molecule has 1 aromatic carbocycles. The van der Waals surface area contributed by atoms with Crippen molar-refractivity contribution in [1.82, 2.24) is 5.32 Å². The highest BCUT2D eigenvalue weighted by atomic mass is 19.4. The van der Waals surface area contributed by atoms with Crippen molar-refractivity contribution in [2.75, 3.05) is 19.8 Å². The molecule has 0 aliphatic heterocycles. The summed E-state index contributed by atoms with van der Waals surface area (Å²) < 4.78 is 43.3. The molecule has 0 atom stereocenters. The molecule has 0 spiro atoms. The van der Waals surface area contributed by atoms with Gasteiger partial charge in [0, 0.05) is 6.54 Å². The lowest BCUT2D eigenvalue weighted by atomic mass is 10.1. The summed E-state index contributed by atoms with van der Waals surface area (Å²) in [4.78, 5) is 0. The molecule has 0 bridgehead atoms. The molecule has 0 unspecified atom stereocenters. The third-order valence-electron chi connectivity index (χ3n) is 2.28. The number of benzene rings is 1. The van der Waals surface area contributed by atoms with Crippen molar-refractivity contribution in [3.05, 3.63) is 29.3 Å². The molecule has 0 fully saturated rings. The monoisotopic (exact) mass is 263 g/mol. The molecule has 1 rings (SSSR count). The van der Waals surface area contributed by atoms with Gasteiger partial charge in [-0.3, -0.25) is 0 Å². The Bertz CT molecular complexity index is 380. The third kappa shape index (κ3) is 4.19. The Hall–Kier alpha value is -1.27. The van der Waals surface area contributed by atoms with Crippen LogP contribution in [0.15, 0.2) is 18.2 Å². The molecule has 1 aromatic rings. The highest BCUT2D eigenvalue weighted by Crippen LogP contribution is 2.36. The van der Waals surface area contributed by atoms with E-state index in [2.05, 4.69) is 5.32 Å². The summed E-state index contributed by atoms with van der Waals surface area (Å²) in [6, 6.07) is 3.92. The van der Waals surface area contributed by atoms with E-state index in [1.54, 1.807) is 6.07 Å². The quantitative estimate of drug-likeness (QED) is 0.826. The summed E-state index contributed by atoms with van der Waals surface area (Å²) >= 11 is 0. The van der Waals surface area contributed by atoms with Crippen molar-refractivity contribution >= 4 is 0 Å². The largest absolute Gasteiger partial charge is 0.491 e. The van der Waals surface area contributed by atoms with Crippen LogP contribution >= 0.6 is 0 Å². The van der Waals surface area contributed by atoms with E-state index in [0.29, 0.717) is 18.7 Å². The maximum Gasteiger partial charge on any atom is 0.419 e. The van der Waals surface area contributed by atoms with E-state index in [1.807, 2.05) is 6.92 Å². The van der Waals surface area contributed by atoms with Crippen LogP contribution in [-0.4, -0.2) is 24.9 Å². The highest BCUT2D eigenvalue weighted by Gasteiger charge is 2.34. The van der Waals surface area contributed by atoms with E-state index in [1.165, 1.54) is 6.07 Å². The first-order valence-corrected chi connectivity index (χ1v) is 5.63. The Labute approximate surface area is 104 Å². The molecule has 102 valence electrons. The highest BCUT2D eigenvalue weighted by molar-refractivity contribution is 5.39. The van der Waals surface area contributed by atoms with Crippen LogP contribution in [0.3, 0.4) is 0 Å². The van der Waals surface area contributed by atoms with E-state index in [4.69, 9.17) is 9.84 Å². The topological polar surface area (TPSA) is 41.5 Å². The van der Waals surface area contributed by atoms with Gasteiger partial charge in [-0.2, -0.15) is 13.2 Å². The van der Waals surface area contributed by atoms with Gasteiger partial charge in [-0.25, -0.2) is 0 Å². The number of hydrogen-bond donors (Lipinski definition) is 2. The Morgan fingerprint density at radius 2 is 2.06 bits per heavy atom. The number of aliphatic hydroxyl groups is 1. The van der Waals surface area contributed by atoms with Crippen molar-refractivity contribution in [2.24, 2.45) is 0 Å². The first-order valence-electron chi connectivity index (χ1n) is 5.63. The fourth-order valence-corrected chi connectivity index (χ4v) is 1.46. The van der Waals surface area contributed by atoms with Crippen molar-refractivity contribution in [2.45, 2.75) is 19.6 Å². The van der Waals surface area contributed by atoms with Gasteiger partial charge in [0.15, 0.2) is 0 Å². The Morgan fingerprint density at radius 3 is 2.61 bits per heavy atom. The van der Waals surface area contributed by atoms with Crippen LogP contribution in [0.2, 0.25) is 0 Å². The number of alkyl halides is 3. The van der Waals surface area contributed by atoms with Gasteiger partial charge in [-0.1, -0.05) is 13.0 Å². The molecular formula is C12H16F3NO2. The summed E-state index contributed by atoms with van der Waals surface area (Å²) in [7, 11) is 0. The average Bonchev–Trinajstić information content (AvgIpc) is 2.33. The van der Waals surface area contributed by atoms with Gasteiger partial charge in [-0.15, -0.1) is 0 Å². The molecule has 0 aliphatic rings. The van der Waals surface area contributed by atoms with Gasteiger partial charge >= 0.3 is 6.18 Å². The van der Waals surface area contributed by atoms with Crippen LogP contribution in [0.25, 0.3) is 0 Å². The lowest BCUT2D eigenvalue weighted by molar-refractivity contribution is -0.139. The minimum Gasteiger partial charge on any atom is -0.491 e. The van der Waals surface area contributed by atoms with Gasteiger partial charge in [0.25, 0.3) is 0 Å². The Kier molecular flexibility index (Phi) is 5.43. The molecule has 0 amide bonds.